The fourth-order valence-electron chi connectivity index (χ4n) is 1.53. The third kappa shape index (κ3) is 1.80. The zero-order valence-corrected chi connectivity index (χ0v) is 8.94. The van der Waals surface area contributed by atoms with Crippen molar-refractivity contribution < 1.29 is 4.39 Å². The summed E-state index contributed by atoms with van der Waals surface area (Å²) in [4.78, 5) is 4.54. The minimum atomic E-state index is -0.314. The normalized spacial score (nSPS) is 10.5. The molecule has 4 heteroatoms. The summed E-state index contributed by atoms with van der Waals surface area (Å²) in [7, 11) is 0. The Labute approximate surface area is 91.9 Å². The SMILES string of the molecule is Cc1cc(C(N)=S)c2cc(F)ccc2n1. The van der Waals surface area contributed by atoms with Gasteiger partial charge in [0.1, 0.15) is 10.8 Å². The Hall–Kier alpha value is -1.55. The number of nitrogens with two attached hydrogens (primary N) is 1. The van der Waals surface area contributed by atoms with E-state index in [0.29, 0.717) is 16.5 Å². The molecule has 2 N–H and O–H groups in total. The maximum Gasteiger partial charge on any atom is 0.123 e. The van der Waals surface area contributed by atoms with Crippen molar-refractivity contribution in [2.24, 2.45) is 5.73 Å². The van der Waals surface area contributed by atoms with E-state index in [0.717, 1.165) is 5.69 Å². The van der Waals surface area contributed by atoms with Gasteiger partial charge in [0.2, 0.25) is 0 Å². The molecule has 1 aromatic carbocycles. The lowest BCUT2D eigenvalue weighted by Gasteiger charge is -2.06. The van der Waals surface area contributed by atoms with Gasteiger partial charge in [-0.2, -0.15) is 0 Å². The van der Waals surface area contributed by atoms with E-state index in [1.807, 2.05) is 6.92 Å². The number of halogens is 1. The van der Waals surface area contributed by atoms with Gasteiger partial charge in [-0.1, -0.05) is 12.2 Å². The van der Waals surface area contributed by atoms with Gasteiger partial charge < -0.3 is 5.73 Å². The first-order chi connectivity index (χ1) is 7.08. The second-order valence-corrected chi connectivity index (χ2v) is 3.78. The number of aryl methyl sites for hydroxylation is 1. The van der Waals surface area contributed by atoms with Crippen LogP contribution in [-0.2, 0) is 0 Å². The Bertz CT molecular complexity index is 552. The van der Waals surface area contributed by atoms with Crippen molar-refractivity contribution in [3.05, 3.63) is 41.3 Å². The van der Waals surface area contributed by atoms with Gasteiger partial charge in [-0.3, -0.25) is 4.98 Å². The molecule has 0 aliphatic heterocycles. The molecule has 2 nitrogen and oxygen atoms in total. The fraction of sp³-hybridized carbons (Fsp3) is 0.0909. The molecular formula is C11H9FN2S. The van der Waals surface area contributed by atoms with Gasteiger partial charge in [0.15, 0.2) is 0 Å². The molecule has 76 valence electrons. The van der Waals surface area contributed by atoms with Crippen LogP contribution in [-0.4, -0.2) is 9.97 Å². The largest absolute Gasteiger partial charge is 0.389 e. The molecule has 0 aliphatic rings. The van der Waals surface area contributed by atoms with Crippen molar-refractivity contribution in [3.8, 4) is 0 Å². The van der Waals surface area contributed by atoms with Gasteiger partial charge >= 0.3 is 0 Å². The standard InChI is InChI=1S/C11H9FN2S/c1-6-4-9(11(13)15)8-5-7(12)2-3-10(8)14-6/h2-5H,1H3,(H2,13,15). The summed E-state index contributed by atoms with van der Waals surface area (Å²) < 4.78 is 13.1. The summed E-state index contributed by atoms with van der Waals surface area (Å²) in [6, 6.07) is 6.16. The second-order valence-electron chi connectivity index (χ2n) is 3.34. The van der Waals surface area contributed by atoms with Gasteiger partial charge in [-0.15, -0.1) is 0 Å². The molecule has 1 heterocycles. The molecule has 1 aromatic heterocycles. The van der Waals surface area contributed by atoms with Crippen molar-refractivity contribution in [1.82, 2.24) is 4.98 Å². The highest BCUT2D eigenvalue weighted by atomic mass is 32.1. The van der Waals surface area contributed by atoms with Crippen molar-refractivity contribution in [2.75, 3.05) is 0 Å². The number of hydrogen-bond donors (Lipinski definition) is 1. The van der Waals surface area contributed by atoms with Gasteiger partial charge in [-0.05, 0) is 31.2 Å². The van der Waals surface area contributed by atoms with Crippen LogP contribution in [0.5, 0.6) is 0 Å². The van der Waals surface area contributed by atoms with Crippen LogP contribution in [0.2, 0.25) is 0 Å². The summed E-state index contributed by atoms with van der Waals surface area (Å²) >= 11 is 4.92. The average molecular weight is 220 g/mol. The van der Waals surface area contributed by atoms with Crippen LogP contribution in [0.1, 0.15) is 11.3 Å². The topological polar surface area (TPSA) is 38.9 Å². The molecule has 0 unspecified atom stereocenters. The van der Waals surface area contributed by atoms with Crippen LogP contribution in [0.25, 0.3) is 10.9 Å². The first kappa shape index (κ1) is 9.98. The minimum absolute atomic E-state index is 0.260. The first-order valence-electron chi connectivity index (χ1n) is 4.44. The van der Waals surface area contributed by atoms with Crippen molar-refractivity contribution >= 4 is 28.1 Å². The number of nitrogens with zero attached hydrogens (tertiary/aromatic N) is 1. The summed E-state index contributed by atoms with van der Waals surface area (Å²) in [5, 5.41) is 0.660. The predicted octanol–water partition coefficient (Wildman–Crippen LogP) is 2.32. The molecule has 0 atom stereocenters. The summed E-state index contributed by atoms with van der Waals surface area (Å²) in [6.07, 6.45) is 0. The zero-order valence-electron chi connectivity index (χ0n) is 8.12. The Balaban J connectivity index is 2.87. The highest BCUT2D eigenvalue weighted by Crippen LogP contribution is 2.19. The van der Waals surface area contributed by atoms with Crippen LogP contribution in [0.15, 0.2) is 24.3 Å². The van der Waals surface area contributed by atoms with Crippen LogP contribution in [0.4, 0.5) is 4.39 Å². The van der Waals surface area contributed by atoms with Gasteiger partial charge in [-0.25, -0.2) is 4.39 Å². The number of fused-ring (bicyclic) bond motifs is 1. The van der Waals surface area contributed by atoms with E-state index in [1.165, 1.54) is 12.1 Å². The van der Waals surface area contributed by atoms with E-state index in [1.54, 1.807) is 12.1 Å². The number of thiocarbonyl (C=S) groups is 1. The molecule has 0 radical (unpaired) electrons. The molecule has 2 aromatic rings. The Morgan fingerprint density at radius 3 is 2.80 bits per heavy atom. The van der Waals surface area contributed by atoms with Gasteiger partial charge in [0.05, 0.1) is 5.52 Å². The van der Waals surface area contributed by atoms with E-state index >= 15 is 0 Å². The number of pyridine rings is 1. The fourth-order valence-corrected chi connectivity index (χ4v) is 1.70. The van der Waals surface area contributed by atoms with Crippen LogP contribution >= 0.6 is 12.2 Å². The second kappa shape index (κ2) is 3.55. The van der Waals surface area contributed by atoms with E-state index in [9.17, 15) is 4.39 Å². The minimum Gasteiger partial charge on any atom is -0.389 e. The Kier molecular flexibility index (Phi) is 2.36. The van der Waals surface area contributed by atoms with E-state index in [4.69, 9.17) is 18.0 Å². The molecule has 15 heavy (non-hydrogen) atoms. The zero-order chi connectivity index (χ0) is 11.0. The molecule has 2 rings (SSSR count). The number of hydrogen-bond acceptors (Lipinski definition) is 2. The lowest BCUT2D eigenvalue weighted by atomic mass is 10.1. The van der Waals surface area contributed by atoms with Crippen LogP contribution in [0.3, 0.4) is 0 Å². The summed E-state index contributed by atoms with van der Waals surface area (Å²) in [5.41, 5.74) is 7.78. The molecular weight excluding hydrogens is 211 g/mol. The highest BCUT2D eigenvalue weighted by molar-refractivity contribution is 7.80. The maximum atomic E-state index is 13.1. The number of rotatable bonds is 1. The smallest absolute Gasteiger partial charge is 0.123 e. The monoisotopic (exact) mass is 220 g/mol. The first-order valence-corrected chi connectivity index (χ1v) is 4.85. The molecule has 0 bridgehead atoms. The molecule has 0 saturated carbocycles. The lowest BCUT2D eigenvalue weighted by molar-refractivity contribution is 0.629. The summed E-state index contributed by atoms with van der Waals surface area (Å²) in [6.45, 7) is 1.85. The van der Waals surface area contributed by atoms with Gasteiger partial charge in [0, 0.05) is 16.6 Å². The van der Waals surface area contributed by atoms with E-state index in [2.05, 4.69) is 4.98 Å². The molecule has 0 spiro atoms. The summed E-state index contributed by atoms with van der Waals surface area (Å²) in [5.74, 6) is -0.314. The maximum absolute atomic E-state index is 13.1. The molecule has 0 fully saturated rings. The van der Waals surface area contributed by atoms with E-state index in [-0.39, 0.29) is 10.8 Å². The quantitative estimate of drug-likeness (QED) is 0.749. The molecule has 0 amide bonds. The molecule has 0 aliphatic carbocycles. The van der Waals surface area contributed by atoms with Crippen LogP contribution < -0.4 is 5.73 Å². The van der Waals surface area contributed by atoms with Gasteiger partial charge in [0.25, 0.3) is 0 Å². The Morgan fingerprint density at radius 1 is 1.40 bits per heavy atom. The average Bonchev–Trinajstić information content (AvgIpc) is 2.17. The third-order valence-corrected chi connectivity index (χ3v) is 2.38. The van der Waals surface area contributed by atoms with Crippen LogP contribution in [0, 0.1) is 12.7 Å². The predicted molar refractivity (Wildman–Crippen MR) is 62.3 cm³/mol. The van der Waals surface area contributed by atoms with Crippen molar-refractivity contribution in [3.63, 3.8) is 0 Å². The lowest BCUT2D eigenvalue weighted by Crippen LogP contribution is -2.10. The highest BCUT2D eigenvalue weighted by Gasteiger charge is 2.07. The van der Waals surface area contributed by atoms with Crippen molar-refractivity contribution in [1.29, 1.82) is 0 Å². The number of benzene rings is 1. The van der Waals surface area contributed by atoms with Crippen molar-refractivity contribution in [2.45, 2.75) is 6.92 Å². The van der Waals surface area contributed by atoms with E-state index < -0.39 is 0 Å². The number of aromatic nitrogens is 1. The Morgan fingerprint density at radius 2 is 2.13 bits per heavy atom. The molecule has 0 saturated heterocycles. The third-order valence-electron chi connectivity index (χ3n) is 2.16.